The molecule has 1 aliphatic rings. The molecule has 0 aliphatic carbocycles. The van der Waals surface area contributed by atoms with Crippen molar-refractivity contribution in [1.29, 1.82) is 0 Å². The molecule has 19 heavy (non-hydrogen) atoms. The van der Waals surface area contributed by atoms with Crippen LogP contribution in [-0.2, 0) is 20.7 Å². The number of anilines is 1. The monoisotopic (exact) mass is 329 g/mol. The van der Waals surface area contributed by atoms with Crippen molar-refractivity contribution < 1.29 is 19.0 Å². The van der Waals surface area contributed by atoms with Crippen LogP contribution in [0.3, 0.4) is 0 Å². The minimum absolute atomic E-state index is 0.0390. The molecule has 1 amide bonds. The smallest absolute Gasteiger partial charge is 0.224 e. The second-order valence-corrected chi connectivity index (χ2v) is 5.01. The van der Waals surface area contributed by atoms with Crippen LogP contribution in [0.2, 0.25) is 0 Å². The van der Waals surface area contributed by atoms with Crippen LogP contribution in [-0.4, -0.2) is 33.0 Å². The maximum atomic E-state index is 11.4. The Bertz CT molecular complexity index is 464. The van der Waals surface area contributed by atoms with Crippen LogP contribution in [0.15, 0.2) is 16.6 Å². The summed E-state index contributed by atoms with van der Waals surface area (Å²) in [4.78, 5) is 11.4. The number of hydrogen-bond donors (Lipinski definition) is 1. The predicted octanol–water partition coefficient (Wildman–Crippen LogP) is 2.33. The van der Waals surface area contributed by atoms with Gasteiger partial charge in [0.25, 0.3) is 0 Å². The van der Waals surface area contributed by atoms with E-state index < -0.39 is 0 Å². The fourth-order valence-corrected chi connectivity index (χ4v) is 2.30. The van der Waals surface area contributed by atoms with E-state index in [1.165, 1.54) is 0 Å². The summed E-state index contributed by atoms with van der Waals surface area (Å²) in [5.74, 6) is 0.690. The van der Waals surface area contributed by atoms with Gasteiger partial charge in [-0.15, -0.1) is 0 Å². The van der Waals surface area contributed by atoms with Gasteiger partial charge in [0.1, 0.15) is 5.75 Å². The number of carbonyl (C=O) groups excluding carboxylic acids is 1. The molecule has 1 N–H and O–H groups in total. The van der Waals surface area contributed by atoms with Gasteiger partial charge in [-0.25, -0.2) is 0 Å². The van der Waals surface area contributed by atoms with E-state index in [0.29, 0.717) is 25.4 Å². The minimum Gasteiger partial charge on any atom is -0.466 e. The summed E-state index contributed by atoms with van der Waals surface area (Å²) >= 11 is 3.46. The summed E-state index contributed by atoms with van der Waals surface area (Å²) in [5.41, 5.74) is 1.92. The average Bonchev–Trinajstić information content (AvgIpc) is 2.39. The van der Waals surface area contributed by atoms with Crippen molar-refractivity contribution in [3.8, 4) is 5.75 Å². The summed E-state index contributed by atoms with van der Waals surface area (Å²) in [6.45, 7) is 1.16. The summed E-state index contributed by atoms with van der Waals surface area (Å²) in [7, 11) is 1.62. The van der Waals surface area contributed by atoms with Crippen molar-refractivity contribution in [2.45, 2.75) is 12.8 Å². The molecule has 104 valence electrons. The number of fused-ring (bicyclic) bond motifs is 1. The minimum atomic E-state index is 0.0390. The normalized spacial score (nSPS) is 13.9. The van der Waals surface area contributed by atoms with E-state index in [4.69, 9.17) is 14.2 Å². The van der Waals surface area contributed by atoms with E-state index in [1.807, 2.05) is 12.1 Å². The molecule has 5 nitrogen and oxygen atoms in total. The SMILES string of the molecule is COCCOCOc1cc2c(cc1Br)CCC(=O)N2. The van der Waals surface area contributed by atoms with E-state index >= 15 is 0 Å². The summed E-state index contributed by atoms with van der Waals surface area (Å²) in [6.07, 6.45) is 1.28. The van der Waals surface area contributed by atoms with E-state index in [0.717, 1.165) is 22.1 Å². The van der Waals surface area contributed by atoms with Crippen LogP contribution in [0.4, 0.5) is 5.69 Å². The lowest BCUT2D eigenvalue weighted by Gasteiger charge is -2.19. The number of rotatable bonds is 6. The van der Waals surface area contributed by atoms with Crippen LogP contribution in [0.25, 0.3) is 0 Å². The highest BCUT2D eigenvalue weighted by Gasteiger charge is 2.17. The van der Waals surface area contributed by atoms with Crippen molar-refractivity contribution in [1.82, 2.24) is 0 Å². The first-order valence-electron chi connectivity index (χ1n) is 6.02. The fourth-order valence-electron chi connectivity index (χ4n) is 1.80. The quantitative estimate of drug-likeness (QED) is 0.642. The third kappa shape index (κ3) is 3.92. The molecule has 0 radical (unpaired) electrons. The molecule has 0 aromatic heterocycles. The number of aryl methyl sites for hydroxylation is 1. The molecule has 1 heterocycles. The van der Waals surface area contributed by atoms with Gasteiger partial charge in [0, 0.05) is 25.3 Å². The van der Waals surface area contributed by atoms with E-state index in [9.17, 15) is 4.79 Å². The van der Waals surface area contributed by atoms with E-state index in [2.05, 4.69) is 21.2 Å². The van der Waals surface area contributed by atoms with Gasteiger partial charge in [-0.1, -0.05) is 0 Å². The van der Waals surface area contributed by atoms with Gasteiger partial charge in [0.15, 0.2) is 6.79 Å². The predicted molar refractivity (Wildman–Crippen MR) is 74.4 cm³/mol. The van der Waals surface area contributed by atoms with Gasteiger partial charge >= 0.3 is 0 Å². The Kier molecular flexibility index (Phi) is 5.18. The van der Waals surface area contributed by atoms with Crippen molar-refractivity contribution in [2.75, 3.05) is 32.4 Å². The Labute approximate surface area is 120 Å². The molecule has 2 rings (SSSR count). The first-order valence-corrected chi connectivity index (χ1v) is 6.81. The van der Waals surface area contributed by atoms with Gasteiger partial charge < -0.3 is 19.5 Å². The largest absolute Gasteiger partial charge is 0.466 e. The topological polar surface area (TPSA) is 56.8 Å². The summed E-state index contributed by atoms with van der Waals surface area (Å²) in [6, 6.07) is 3.79. The lowest BCUT2D eigenvalue weighted by atomic mass is 10.0. The van der Waals surface area contributed by atoms with Crippen LogP contribution in [0.1, 0.15) is 12.0 Å². The maximum absolute atomic E-state index is 11.4. The van der Waals surface area contributed by atoms with Gasteiger partial charge in [-0.3, -0.25) is 4.79 Å². The van der Waals surface area contributed by atoms with Gasteiger partial charge in [0.2, 0.25) is 5.91 Å². The molecular weight excluding hydrogens is 314 g/mol. The molecule has 0 atom stereocenters. The Hall–Kier alpha value is -1.11. The molecule has 0 spiro atoms. The number of carbonyl (C=O) groups is 1. The van der Waals surface area contributed by atoms with E-state index in [1.54, 1.807) is 7.11 Å². The average molecular weight is 330 g/mol. The highest BCUT2D eigenvalue weighted by molar-refractivity contribution is 9.10. The molecule has 0 saturated carbocycles. The lowest BCUT2D eigenvalue weighted by molar-refractivity contribution is -0.116. The molecule has 0 bridgehead atoms. The van der Waals surface area contributed by atoms with Crippen LogP contribution in [0.5, 0.6) is 5.75 Å². The first-order chi connectivity index (χ1) is 9.20. The molecule has 1 aromatic carbocycles. The molecule has 0 saturated heterocycles. The van der Waals surface area contributed by atoms with Crippen molar-refractivity contribution in [2.24, 2.45) is 0 Å². The fraction of sp³-hybridized carbons (Fsp3) is 0.462. The van der Waals surface area contributed by atoms with Crippen LogP contribution < -0.4 is 10.1 Å². The molecule has 0 unspecified atom stereocenters. The molecule has 1 aromatic rings. The molecular formula is C13H16BrNO4. The van der Waals surface area contributed by atoms with Crippen LogP contribution >= 0.6 is 15.9 Å². The highest BCUT2D eigenvalue weighted by atomic mass is 79.9. The number of halogens is 1. The number of amides is 1. The number of nitrogens with one attached hydrogen (secondary N) is 1. The van der Waals surface area contributed by atoms with Crippen molar-refractivity contribution in [3.05, 3.63) is 22.2 Å². The maximum Gasteiger partial charge on any atom is 0.224 e. The Morgan fingerprint density at radius 1 is 1.32 bits per heavy atom. The Morgan fingerprint density at radius 2 is 2.16 bits per heavy atom. The second kappa shape index (κ2) is 6.88. The van der Waals surface area contributed by atoms with Gasteiger partial charge in [0.05, 0.1) is 17.7 Å². The summed E-state index contributed by atoms with van der Waals surface area (Å²) < 4.78 is 16.5. The standard InChI is InChI=1S/C13H16BrNO4/c1-17-4-5-18-8-19-12-7-11-9(6-10(12)14)2-3-13(16)15-11/h6-7H,2-5,8H2,1H3,(H,15,16). The Morgan fingerprint density at radius 3 is 2.95 bits per heavy atom. The number of ether oxygens (including phenoxy) is 3. The molecule has 1 aliphatic heterocycles. The highest BCUT2D eigenvalue weighted by Crippen LogP contribution is 2.34. The molecule has 6 heteroatoms. The van der Waals surface area contributed by atoms with Crippen LogP contribution in [0, 0.1) is 0 Å². The van der Waals surface area contributed by atoms with Gasteiger partial charge in [-0.2, -0.15) is 0 Å². The third-order valence-corrected chi connectivity index (χ3v) is 3.40. The second-order valence-electron chi connectivity index (χ2n) is 4.15. The zero-order chi connectivity index (χ0) is 13.7. The lowest BCUT2D eigenvalue weighted by Crippen LogP contribution is -2.19. The number of benzene rings is 1. The molecule has 0 fully saturated rings. The number of methoxy groups -OCH3 is 1. The number of hydrogen-bond acceptors (Lipinski definition) is 4. The zero-order valence-corrected chi connectivity index (χ0v) is 12.3. The third-order valence-electron chi connectivity index (χ3n) is 2.78. The zero-order valence-electron chi connectivity index (χ0n) is 10.7. The Balaban J connectivity index is 1.97. The van der Waals surface area contributed by atoms with Gasteiger partial charge in [-0.05, 0) is 34.0 Å². The van der Waals surface area contributed by atoms with Crippen molar-refractivity contribution >= 4 is 27.5 Å². The van der Waals surface area contributed by atoms with E-state index in [-0.39, 0.29) is 12.7 Å². The first kappa shape index (κ1) is 14.3. The van der Waals surface area contributed by atoms with Crippen molar-refractivity contribution in [3.63, 3.8) is 0 Å². The summed E-state index contributed by atoms with van der Waals surface area (Å²) in [5, 5.41) is 2.84.